The lowest BCUT2D eigenvalue weighted by atomic mass is 10.2. The van der Waals surface area contributed by atoms with Gasteiger partial charge in [0.05, 0.1) is 0 Å². The molecule has 0 fully saturated rings. The predicted octanol–water partition coefficient (Wildman–Crippen LogP) is 3.53. The molecule has 3 heterocycles. The second kappa shape index (κ2) is 5.29. The van der Waals surface area contributed by atoms with Crippen LogP contribution in [0.4, 0.5) is 11.5 Å². The highest BCUT2D eigenvalue weighted by molar-refractivity contribution is 5.79. The third kappa shape index (κ3) is 2.18. The molecule has 106 valence electrons. The molecule has 3 aromatic heterocycles. The Hall–Kier alpha value is -3.21. The first-order valence-electron chi connectivity index (χ1n) is 6.96. The molecule has 0 unspecified atom stereocenters. The Kier molecular flexibility index (Phi) is 3.01. The van der Waals surface area contributed by atoms with Crippen molar-refractivity contribution in [2.75, 3.05) is 5.32 Å². The van der Waals surface area contributed by atoms with Crippen LogP contribution in [0.1, 0.15) is 0 Å². The standard InChI is InChI=1S/C17H13N5/c1-2-4-14(5-3-1)20-17-16(13-6-9-18-10-7-13)21-15-8-11-19-12-22(15)17/h1-12,20H. The lowest BCUT2D eigenvalue weighted by Crippen LogP contribution is -1.97. The van der Waals surface area contributed by atoms with Crippen molar-refractivity contribution >= 4 is 17.2 Å². The molecule has 0 atom stereocenters. The molecule has 0 amide bonds. The van der Waals surface area contributed by atoms with Gasteiger partial charge >= 0.3 is 0 Å². The van der Waals surface area contributed by atoms with Gasteiger partial charge < -0.3 is 5.32 Å². The van der Waals surface area contributed by atoms with Crippen molar-refractivity contribution in [1.29, 1.82) is 0 Å². The minimum Gasteiger partial charge on any atom is -0.339 e. The quantitative estimate of drug-likeness (QED) is 0.626. The number of nitrogens with zero attached hydrogens (tertiary/aromatic N) is 4. The maximum absolute atomic E-state index is 4.71. The van der Waals surface area contributed by atoms with Gasteiger partial charge in [-0.1, -0.05) is 18.2 Å². The van der Waals surface area contributed by atoms with Gasteiger partial charge in [0.15, 0.2) is 0 Å². The molecular weight excluding hydrogens is 274 g/mol. The van der Waals surface area contributed by atoms with Crippen molar-refractivity contribution in [2.24, 2.45) is 0 Å². The second-order valence-corrected chi connectivity index (χ2v) is 4.84. The number of hydrogen-bond donors (Lipinski definition) is 1. The Balaban J connectivity index is 1.91. The molecule has 0 aliphatic heterocycles. The summed E-state index contributed by atoms with van der Waals surface area (Å²) in [6, 6.07) is 15.8. The average Bonchev–Trinajstić information content (AvgIpc) is 2.95. The molecule has 5 heteroatoms. The zero-order valence-electron chi connectivity index (χ0n) is 11.7. The summed E-state index contributed by atoms with van der Waals surface area (Å²) in [5, 5.41) is 3.43. The van der Waals surface area contributed by atoms with Crippen LogP contribution in [0.2, 0.25) is 0 Å². The first kappa shape index (κ1) is 12.5. The van der Waals surface area contributed by atoms with Gasteiger partial charge in [-0.15, -0.1) is 0 Å². The maximum Gasteiger partial charge on any atom is 0.144 e. The predicted molar refractivity (Wildman–Crippen MR) is 85.9 cm³/mol. The number of benzene rings is 1. The number of aromatic nitrogens is 4. The van der Waals surface area contributed by atoms with Gasteiger partial charge in [-0.3, -0.25) is 9.38 Å². The van der Waals surface area contributed by atoms with Gasteiger partial charge in [-0.25, -0.2) is 9.97 Å². The van der Waals surface area contributed by atoms with Crippen LogP contribution in [0.25, 0.3) is 16.9 Å². The highest BCUT2D eigenvalue weighted by Crippen LogP contribution is 2.30. The van der Waals surface area contributed by atoms with Crippen molar-refractivity contribution < 1.29 is 0 Å². The largest absolute Gasteiger partial charge is 0.339 e. The summed E-state index contributed by atoms with van der Waals surface area (Å²) in [6.07, 6.45) is 7.04. The molecule has 0 aliphatic rings. The van der Waals surface area contributed by atoms with E-state index in [0.717, 1.165) is 28.4 Å². The van der Waals surface area contributed by atoms with Crippen LogP contribution in [0.15, 0.2) is 73.4 Å². The molecule has 0 spiro atoms. The van der Waals surface area contributed by atoms with Crippen molar-refractivity contribution in [1.82, 2.24) is 19.4 Å². The molecule has 0 saturated heterocycles. The van der Waals surface area contributed by atoms with E-state index in [1.54, 1.807) is 24.9 Å². The molecular formula is C17H13N5. The molecule has 0 radical (unpaired) electrons. The topological polar surface area (TPSA) is 55.1 Å². The SMILES string of the molecule is c1ccc(Nc2c(-c3ccncc3)nc3ccncn23)cc1. The van der Waals surface area contributed by atoms with E-state index >= 15 is 0 Å². The van der Waals surface area contributed by atoms with Gasteiger partial charge in [0, 0.05) is 29.8 Å². The smallest absolute Gasteiger partial charge is 0.144 e. The van der Waals surface area contributed by atoms with Gasteiger partial charge in [0.1, 0.15) is 23.5 Å². The van der Waals surface area contributed by atoms with Gasteiger partial charge in [0.25, 0.3) is 0 Å². The maximum atomic E-state index is 4.71. The third-order valence-corrected chi connectivity index (χ3v) is 3.42. The first-order chi connectivity index (χ1) is 10.9. The van der Waals surface area contributed by atoms with E-state index in [1.165, 1.54) is 0 Å². The van der Waals surface area contributed by atoms with Gasteiger partial charge in [-0.05, 0) is 30.3 Å². The summed E-state index contributed by atoms with van der Waals surface area (Å²) in [5.41, 5.74) is 3.74. The Labute approximate surface area is 127 Å². The van der Waals surface area contributed by atoms with E-state index in [9.17, 15) is 0 Å². The highest BCUT2D eigenvalue weighted by Gasteiger charge is 2.14. The number of fused-ring (bicyclic) bond motifs is 1. The van der Waals surface area contributed by atoms with Crippen molar-refractivity contribution in [3.8, 4) is 11.3 Å². The number of hydrogen-bond acceptors (Lipinski definition) is 4. The number of para-hydroxylation sites is 1. The summed E-state index contributed by atoms with van der Waals surface area (Å²) in [7, 11) is 0. The average molecular weight is 287 g/mol. The molecule has 1 N–H and O–H groups in total. The monoisotopic (exact) mass is 287 g/mol. The Bertz CT molecular complexity index is 900. The Morgan fingerprint density at radius 2 is 1.59 bits per heavy atom. The van der Waals surface area contributed by atoms with Crippen LogP contribution in [0.5, 0.6) is 0 Å². The van der Waals surface area contributed by atoms with Gasteiger partial charge in [0.2, 0.25) is 0 Å². The van der Waals surface area contributed by atoms with Crippen LogP contribution >= 0.6 is 0 Å². The summed E-state index contributed by atoms with van der Waals surface area (Å²) >= 11 is 0. The van der Waals surface area contributed by atoms with Crippen molar-refractivity contribution in [2.45, 2.75) is 0 Å². The van der Waals surface area contributed by atoms with Crippen molar-refractivity contribution in [3.63, 3.8) is 0 Å². The lowest BCUT2D eigenvalue weighted by molar-refractivity contribution is 1.09. The Morgan fingerprint density at radius 1 is 0.818 bits per heavy atom. The van der Waals surface area contributed by atoms with E-state index in [2.05, 4.69) is 15.3 Å². The van der Waals surface area contributed by atoms with Crippen LogP contribution in [0.3, 0.4) is 0 Å². The minimum atomic E-state index is 0.847. The normalized spacial score (nSPS) is 10.7. The van der Waals surface area contributed by atoms with E-state index in [0.29, 0.717) is 0 Å². The number of nitrogens with one attached hydrogen (secondary N) is 1. The lowest BCUT2D eigenvalue weighted by Gasteiger charge is -2.08. The van der Waals surface area contributed by atoms with Crippen LogP contribution in [-0.4, -0.2) is 19.4 Å². The Morgan fingerprint density at radius 3 is 2.41 bits per heavy atom. The van der Waals surface area contributed by atoms with Gasteiger partial charge in [-0.2, -0.15) is 0 Å². The van der Waals surface area contributed by atoms with Crippen LogP contribution < -0.4 is 5.32 Å². The summed E-state index contributed by atoms with van der Waals surface area (Å²) in [6.45, 7) is 0. The first-order valence-corrected chi connectivity index (χ1v) is 6.96. The fourth-order valence-corrected chi connectivity index (χ4v) is 2.39. The summed E-state index contributed by atoms with van der Waals surface area (Å²) < 4.78 is 1.95. The van der Waals surface area contributed by atoms with Crippen molar-refractivity contribution in [3.05, 3.63) is 73.4 Å². The highest BCUT2D eigenvalue weighted by atomic mass is 15.2. The number of rotatable bonds is 3. The minimum absolute atomic E-state index is 0.847. The fraction of sp³-hybridized carbons (Fsp3) is 0. The third-order valence-electron chi connectivity index (χ3n) is 3.42. The van der Waals surface area contributed by atoms with Crippen LogP contribution in [0, 0.1) is 0 Å². The molecule has 0 saturated carbocycles. The number of imidazole rings is 1. The zero-order chi connectivity index (χ0) is 14.8. The van der Waals surface area contributed by atoms with E-state index in [4.69, 9.17) is 4.98 Å². The molecule has 4 aromatic rings. The molecule has 1 aromatic carbocycles. The zero-order valence-corrected chi connectivity index (χ0v) is 11.7. The molecule has 4 rings (SSSR count). The number of anilines is 2. The van der Waals surface area contributed by atoms with E-state index in [-0.39, 0.29) is 0 Å². The second-order valence-electron chi connectivity index (χ2n) is 4.84. The summed E-state index contributed by atoms with van der Waals surface area (Å²) in [4.78, 5) is 13.0. The molecule has 0 aliphatic carbocycles. The molecule has 0 bridgehead atoms. The van der Waals surface area contributed by atoms with E-state index < -0.39 is 0 Å². The van der Waals surface area contributed by atoms with Crippen LogP contribution in [-0.2, 0) is 0 Å². The molecule has 5 nitrogen and oxygen atoms in total. The fourth-order valence-electron chi connectivity index (χ4n) is 2.39. The van der Waals surface area contributed by atoms with E-state index in [1.807, 2.05) is 52.9 Å². The number of pyridine rings is 1. The molecule has 22 heavy (non-hydrogen) atoms. The summed E-state index contributed by atoms with van der Waals surface area (Å²) in [5.74, 6) is 0.889.